The van der Waals surface area contributed by atoms with Crippen LogP contribution in [0.4, 0.5) is 4.79 Å². The highest BCUT2D eigenvalue weighted by molar-refractivity contribution is 14.1. The van der Waals surface area contributed by atoms with Crippen molar-refractivity contribution in [2.45, 2.75) is 64.3 Å². The van der Waals surface area contributed by atoms with Crippen LogP contribution in [-0.2, 0) is 36.7 Å². The number of carbonyl (C=O) groups is 4. The second kappa shape index (κ2) is 14.9. The normalized spacial score (nSPS) is 13.4. The fraction of sp³-hybridized carbons (Fsp3) is 0.400. The molecule has 11 nitrogen and oxygen atoms in total. The second-order valence-electron chi connectivity index (χ2n) is 10.9. The number of hydrogen-bond acceptors (Lipinski definition) is 7. The minimum absolute atomic E-state index is 0.125. The number of methoxy groups -OCH3 is 2. The van der Waals surface area contributed by atoms with Gasteiger partial charge in [-0.2, -0.15) is 0 Å². The molecule has 0 bridgehead atoms. The number of rotatable bonds is 11. The maximum atomic E-state index is 13.4. The van der Waals surface area contributed by atoms with Crippen molar-refractivity contribution in [2.24, 2.45) is 0 Å². The van der Waals surface area contributed by atoms with Crippen LogP contribution in [0.25, 0.3) is 10.9 Å². The molecule has 0 saturated heterocycles. The van der Waals surface area contributed by atoms with Crippen LogP contribution in [0.5, 0.6) is 5.75 Å². The van der Waals surface area contributed by atoms with Crippen LogP contribution in [0.3, 0.4) is 0 Å². The van der Waals surface area contributed by atoms with Crippen molar-refractivity contribution in [3.63, 3.8) is 0 Å². The van der Waals surface area contributed by atoms with Crippen LogP contribution in [0.1, 0.15) is 38.8 Å². The molecular weight excluding hydrogens is 735 g/mol. The number of fused-ring (bicyclic) bond motifs is 1. The zero-order valence-electron chi connectivity index (χ0n) is 24.8. The lowest BCUT2D eigenvalue weighted by atomic mass is 10.0. The largest absolute Gasteiger partial charge is 0.496 e. The molecule has 0 aliphatic carbocycles. The molecule has 3 rings (SSSR count). The van der Waals surface area contributed by atoms with E-state index in [0.29, 0.717) is 5.75 Å². The monoisotopic (exact) mass is 770 g/mol. The van der Waals surface area contributed by atoms with Crippen molar-refractivity contribution in [3.8, 4) is 5.75 Å². The number of nitrogens with one attached hydrogen (secondary N) is 4. The van der Waals surface area contributed by atoms with E-state index in [0.717, 1.165) is 30.1 Å². The summed E-state index contributed by atoms with van der Waals surface area (Å²) in [5.74, 6) is -1.15. The molecule has 0 saturated carbocycles. The molecule has 4 N–H and O–H groups in total. The van der Waals surface area contributed by atoms with Crippen LogP contribution in [0.15, 0.2) is 47.1 Å². The van der Waals surface area contributed by atoms with Crippen molar-refractivity contribution in [1.29, 1.82) is 0 Å². The number of aromatic nitrogens is 1. The second-order valence-corrected chi connectivity index (χ2v) is 12.9. The molecule has 43 heavy (non-hydrogen) atoms. The number of H-pyrrole nitrogens is 1. The Morgan fingerprint density at radius 1 is 0.977 bits per heavy atom. The molecule has 13 heteroatoms. The van der Waals surface area contributed by atoms with E-state index in [2.05, 4.69) is 59.5 Å². The molecule has 1 heterocycles. The van der Waals surface area contributed by atoms with Crippen molar-refractivity contribution in [2.75, 3.05) is 14.2 Å². The van der Waals surface area contributed by atoms with Gasteiger partial charge in [-0.3, -0.25) is 9.59 Å². The fourth-order valence-corrected chi connectivity index (χ4v) is 5.59. The zero-order valence-corrected chi connectivity index (χ0v) is 28.5. The molecular formula is C30H36BrIN4O7. The number of carbonyl (C=O) groups excluding carboxylic acids is 4. The first-order chi connectivity index (χ1) is 20.2. The summed E-state index contributed by atoms with van der Waals surface area (Å²) < 4.78 is 17.3. The minimum Gasteiger partial charge on any atom is -0.496 e. The Hall–Kier alpha value is -3.33. The molecule has 1 aromatic heterocycles. The SMILES string of the molecule is COC(=O)[C@H](Cc1c[nH]c2c(Br)cccc12)NC(=O)[C@H](C)NC(=O)[C@H](Cc1ccc(OC)c(I)c1)NC(=O)OC(C)(C)C. The molecule has 0 aliphatic rings. The molecule has 0 unspecified atom stereocenters. The van der Waals surface area contributed by atoms with E-state index >= 15 is 0 Å². The molecule has 3 atom stereocenters. The first kappa shape index (κ1) is 34.2. The van der Waals surface area contributed by atoms with E-state index in [-0.39, 0.29) is 12.8 Å². The number of halogens is 2. The zero-order chi connectivity index (χ0) is 31.9. The average Bonchev–Trinajstić information content (AvgIpc) is 3.34. The number of hydrogen-bond donors (Lipinski definition) is 4. The van der Waals surface area contributed by atoms with Gasteiger partial charge in [0.25, 0.3) is 0 Å². The van der Waals surface area contributed by atoms with E-state index in [4.69, 9.17) is 14.2 Å². The summed E-state index contributed by atoms with van der Waals surface area (Å²) in [6, 6.07) is 7.98. The number of alkyl carbamates (subject to hydrolysis) is 1. The smallest absolute Gasteiger partial charge is 0.408 e. The maximum absolute atomic E-state index is 13.4. The fourth-order valence-electron chi connectivity index (χ4n) is 4.31. The standard InChI is InChI=1S/C30H36BrIN4O7/c1-16(26(37)35-23(28(39)42-6)14-18-15-33-25-19(18)8-7-9-20(25)31)34-27(38)22(36-29(40)43-30(2,3)4)13-17-10-11-24(41-5)21(32)12-17/h7-12,15-16,22-23,33H,13-14H2,1-6H3,(H,34,38)(H,35,37)(H,36,40)/t16-,22-,23-/m0/s1. The highest BCUT2D eigenvalue weighted by atomic mass is 127. The van der Waals surface area contributed by atoms with Crippen LogP contribution >= 0.6 is 38.5 Å². The molecule has 2 aromatic carbocycles. The summed E-state index contributed by atoms with van der Waals surface area (Å²) in [4.78, 5) is 55.0. The Morgan fingerprint density at radius 3 is 2.33 bits per heavy atom. The van der Waals surface area contributed by atoms with E-state index in [1.54, 1.807) is 46.2 Å². The summed E-state index contributed by atoms with van der Waals surface area (Å²) in [5.41, 5.74) is 1.65. The number of esters is 1. The van der Waals surface area contributed by atoms with E-state index < -0.39 is 47.6 Å². The van der Waals surface area contributed by atoms with Gasteiger partial charge in [0.2, 0.25) is 11.8 Å². The maximum Gasteiger partial charge on any atom is 0.408 e. The summed E-state index contributed by atoms with van der Waals surface area (Å²) in [7, 11) is 2.81. The van der Waals surface area contributed by atoms with Gasteiger partial charge in [0, 0.05) is 28.9 Å². The number of para-hydroxylation sites is 1. The van der Waals surface area contributed by atoms with Gasteiger partial charge < -0.3 is 35.1 Å². The third kappa shape index (κ3) is 9.58. The Labute approximate surface area is 272 Å². The first-order valence-electron chi connectivity index (χ1n) is 13.5. The van der Waals surface area contributed by atoms with Gasteiger partial charge in [0.05, 0.1) is 23.3 Å². The van der Waals surface area contributed by atoms with Crippen LogP contribution in [0, 0.1) is 3.57 Å². The number of ether oxygens (including phenoxy) is 3. The Kier molecular flexibility index (Phi) is 11.8. The average molecular weight is 771 g/mol. The lowest BCUT2D eigenvalue weighted by Crippen LogP contribution is -2.56. The van der Waals surface area contributed by atoms with Crippen molar-refractivity contribution < 1.29 is 33.4 Å². The Bertz CT molecular complexity index is 1490. The summed E-state index contributed by atoms with van der Waals surface area (Å²) in [5, 5.41) is 8.85. The number of benzene rings is 2. The topological polar surface area (TPSA) is 148 Å². The number of aromatic amines is 1. The quantitative estimate of drug-likeness (QED) is 0.167. The lowest BCUT2D eigenvalue weighted by molar-refractivity contribution is -0.145. The van der Waals surface area contributed by atoms with Gasteiger partial charge in [0.15, 0.2) is 0 Å². The molecule has 0 radical (unpaired) electrons. The van der Waals surface area contributed by atoms with Crippen LogP contribution in [0.2, 0.25) is 0 Å². The Balaban J connectivity index is 1.74. The summed E-state index contributed by atoms with van der Waals surface area (Å²) in [6.07, 6.45) is 1.29. The third-order valence-corrected chi connectivity index (χ3v) is 7.90. The molecule has 3 aromatic rings. The third-order valence-electron chi connectivity index (χ3n) is 6.39. The van der Waals surface area contributed by atoms with E-state index in [1.807, 2.05) is 24.3 Å². The van der Waals surface area contributed by atoms with Crippen molar-refractivity contribution >= 4 is 73.3 Å². The summed E-state index contributed by atoms with van der Waals surface area (Å²) in [6.45, 7) is 6.64. The predicted octanol–water partition coefficient (Wildman–Crippen LogP) is 4.38. The molecule has 0 spiro atoms. The van der Waals surface area contributed by atoms with Gasteiger partial charge in [-0.25, -0.2) is 9.59 Å². The van der Waals surface area contributed by atoms with Gasteiger partial charge in [-0.05, 0) is 95.5 Å². The molecule has 0 aliphatic heterocycles. The van der Waals surface area contributed by atoms with Gasteiger partial charge in [-0.15, -0.1) is 0 Å². The number of amides is 3. The molecule has 0 fully saturated rings. The highest BCUT2D eigenvalue weighted by Gasteiger charge is 2.30. The van der Waals surface area contributed by atoms with Gasteiger partial charge in [0.1, 0.15) is 29.5 Å². The minimum atomic E-state index is -1.06. The summed E-state index contributed by atoms with van der Waals surface area (Å²) >= 11 is 5.62. The predicted molar refractivity (Wildman–Crippen MR) is 174 cm³/mol. The van der Waals surface area contributed by atoms with Crippen LogP contribution in [-0.4, -0.2) is 66.8 Å². The van der Waals surface area contributed by atoms with Crippen molar-refractivity contribution in [3.05, 3.63) is 61.8 Å². The Morgan fingerprint density at radius 2 is 1.70 bits per heavy atom. The molecule has 3 amide bonds. The van der Waals surface area contributed by atoms with Gasteiger partial charge in [-0.1, -0.05) is 18.2 Å². The van der Waals surface area contributed by atoms with Crippen LogP contribution < -0.4 is 20.7 Å². The lowest BCUT2D eigenvalue weighted by Gasteiger charge is -2.25. The highest BCUT2D eigenvalue weighted by Crippen LogP contribution is 2.26. The van der Waals surface area contributed by atoms with E-state index in [9.17, 15) is 19.2 Å². The van der Waals surface area contributed by atoms with Crippen molar-refractivity contribution in [1.82, 2.24) is 20.9 Å². The van der Waals surface area contributed by atoms with E-state index in [1.165, 1.54) is 14.0 Å². The van der Waals surface area contributed by atoms with Gasteiger partial charge >= 0.3 is 12.1 Å². The first-order valence-corrected chi connectivity index (χ1v) is 15.3. The molecule has 232 valence electrons.